The van der Waals surface area contributed by atoms with Gasteiger partial charge >= 0.3 is 0 Å². The second-order valence-corrected chi connectivity index (χ2v) is 7.90. The average molecular weight is 465 g/mol. The number of benzene rings is 2. The molecule has 4 rings (SSSR count). The molecule has 0 aliphatic carbocycles. The summed E-state index contributed by atoms with van der Waals surface area (Å²) in [7, 11) is 0. The Bertz CT molecular complexity index is 1170. The van der Waals surface area contributed by atoms with Crippen molar-refractivity contribution in [1.29, 1.82) is 0 Å². The summed E-state index contributed by atoms with van der Waals surface area (Å²) in [5.41, 5.74) is 7.95. The van der Waals surface area contributed by atoms with Crippen LogP contribution < -0.4 is 0 Å². The Morgan fingerprint density at radius 3 is 2.67 bits per heavy atom. The van der Waals surface area contributed by atoms with Crippen molar-refractivity contribution in [1.82, 2.24) is 9.55 Å². The first kappa shape index (κ1) is 17.9. The Kier molecular flexibility index (Phi) is 4.83. The molecule has 0 bridgehead atoms. The van der Waals surface area contributed by atoms with Gasteiger partial charge in [0.05, 0.1) is 11.2 Å². The van der Waals surface area contributed by atoms with Crippen molar-refractivity contribution in [3.63, 3.8) is 0 Å². The summed E-state index contributed by atoms with van der Waals surface area (Å²) < 4.78 is 3.57. The van der Waals surface area contributed by atoms with Gasteiger partial charge in [0.1, 0.15) is 0 Å². The van der Waals surface area contributed by atoms with Crippen LogP contribution in [0, 0.1) is 24.3 Å². The molecule has 0 N–H and O–H groups in total. The quantitative estimate of drug-likeness (QED) is 0.258. The maximum Gasteiger partial charge on any atom is 0.0703 e. The molecule has 0 saturated heterocycles. The van der Waals surface area contributed by atoms with E-state index in [2.05, 4.69) is 89.3 Å². The minimum atomic E-state index is 0.936. The first-order valence-corrected chi connectivity index (χ1v) is 9.95. The van der Waals surface area contributed by atoms with Gasteiger partial charge in [-0.1, -0.05) is 6.07 Å². The lowest BCUT2D eigenvalue weighted by Crippen LogP contribution is -2.00. The van der Waals surface area contributed by atoms with Crippen molar-refractivity contribution in [2.75, 3.05) is 0 Å². The van der Waals surface area contributed by atoms with E-state index >= 15 is 0 Å². The molecule has 134 valence electrons. The summed E-state index contributed by atoms with van der Waals surface area (Å²) in [6.07, 6.45) is 3.77. The predicted octanol–water partition coefficient (Wildman–Crippen LogP) is 6.31. The van der Waals surface area contributed by atoms with Gasteiger partial charge in [0, 0.05) is 44.0 Å². The maximum absolute atomic E-state index is 4.70. The third-order valence-corrected chi connectivity index (χ3v) is 6.02. The van der Waals surface area contributed by atoms with E-state index < -0.39 is 0 Å². The first-order chi connectivity index (χ1) is 13.0. The Hall–Kier alpha value is -2.47. The fraction of sp³-hybridized carbons (Fsp3) is 0.130. The molecule has 4 aromatic rings. The summed E-state index contributed by atoms with van der Waals surface area (Å²) >= 11 is 2.37. The number of halogens is 1. The molecule has 0 radical (unpaired) electrons. The van der Waals surface area contributed by atoms with Crippen molar-refractivity contribution >= 4 is 45.4 Å². The van der Waals surface area contributed by atoms with Crippen LogP contribution in [-0.2, 0) is 0 Å². The number of pyridine rings is 1. The first-order valence-electron chi connectivity index (χ1n) is 8.87. The number of aromatic nitrogens is 2. The maximum atomic E-state index is 4.70. The molecule has 4 heteroatoms. The molecule has 0 aliphatic rings. The number of aryl methyl sites for hydroxylation is 2. The number of fused-ring (bicyclic) bond motifs is 1. The molecule has 3 nitrogen and oxygen atoms in total. The topological polar surface area (TPSA) is 30.2 Å². The number of hydrogen-bond donors (Lipinski definition) is 0. The van der Waals surface area contributed by atoms with Crippen LogP contribution >= 0.6 is 22.6 Å². The fourth-order valence-electron chi connectivity index (χ4n) is 3.37. The van der Waals surface area contributed by atoms with Gasteiger partial charge in [-0.3, -0.25) is 9.98 Å². The third kappa shape index (κ3) is 3.54. The summed E-state index contributed by atoms with van der Waals surface area (Å²) in [5, 5.41) is 1.10. The molecule has 0 saturated carbocycles. The lowest BCUT2D eigenvalue weighted by molar-refractivity contribution is 0.962. The standard InChI is InChI=1S/C23H20IN3/c1-15-11-21(7-8-22(15)24)27-16(2)12-19(17(27)3)14-26-20-6-9-23-18(13-20)5-4-10-25-23/h4-14H,1-3H3. The van der Waals surface area contributed by atoms with E-state index in [4.69, 9.17) is 4.99 Å². The molecule has 2 heterocycles. The van der Waals surface area contributed by atoms with Crippen LogP contribution in [0.2, 0.25) is 0 Å². The summed E-state index contributed by atoms with van der Waals surface area (Å²) in [5.74, 6) is 0. The van der Waals surface area contributed by atoms with Crippen molar-refractivity contribution in [3.8, 4) is 5.69 Å². The van der Waals surface area contributed by atoms with Gasteiger partial charge < -0.3 is 4.57 Å². The zero-order valence-corrected chi connectivity index (χ0v) is 17.7. The van der Waals surface area contributed by atoms with Crippen LogP contribution in [0.5, 0.6) is 0 Å². The monoisotopic (exact) mass is 465 g/mol. The summed E-state index contributed by atoms with van der Waals surface area (Å²) in [6, 6.07) is 18.9. The van der Waals surface area contributed by atoms with Gasteiger partial charge in [0.2, 0.25) is 0 Å². The van der Waals surface area contributed by atoms with E-state index in [1.165, 1.54) is 26.2 Å². The highest BCUT2D eigenvalue weighted by Gasteiger charge is 2.10. The zero-order chi connectivity index (χ0) is 19.0. The van der Waals surface area contributed by atoms with Gasteiger partial charge in [0.25, 0.3) is 0 Å². The van der Waals surface area contributed by atoms with E-state index in [-0.39, 0.29) is 0 Å². The van der Waals surface area contributed by atoms with Crippen LogP contribution in [0.3, 0.4) is 0 Å². The fourth-order valence-corrected chi connectivity index (χ4v) is 3.71. The lowest BCUT2D eigenvalue weighted by atomic mass is 10.2. The molecule has 0 unspecified atom stereocenters. The molecule has 2 aromatic carbocycles. The number of rotatable bonds is 3. The number of aliphatic imine (C=N–C) groups is 1. The molecule has 2 aromatic heterocycles. The van der Waals surface area contributed by atoms with Crippen molar-refractivity contribution in [2.45, 2.75) is 20.8 Å². The minimum absolute atomic E-state index is 0.936. The Morgan fingerprint density at radius 1 is 1.00 bits per heavy atom. The van der Waals surface area contributed by atoms with Crippen LogP contribution in [-0.4, -0.2) is 15.8 Å². The normalized spacial score (nSPS) is 11.6. The second-order valence-electron chi connectivity index (χ2n) is 6.73. The van der Waals surface area contributed by atoms with Crippen LogP contribution in [0.15, 0.2) is 65.8 Å². The Balaban J connectivity index is 1.70. The largest absolute Gasteiger partial charge is 0.318 e. The van der Waals surface area contributed by atoms with E-state index in [1.807, 2.05) is 30.6 Å². The molecule has 0 spiro atoms. The van der Waals surface area contributed by atoms with Crippen molar-refractivity contribution in [2.24, 2.45) is 4.99 Å². The molecule has 0 atom stereocenters. The molecule has 0 aliphatic heterocycles. The highest BCUT2D eigenvalue weighted by atomic mass is 127. The van der Waals surface area contributed by atoms with Crippen molar-refractivity contribution < 1.29 is 0 Å². The predicted molar refractivity (Wildman–Crippen MR) is 122 cm³/mol. The van der Waals surface area contributed by atoms with Gasteiger partial charge in [-0.25, -0.2) is 0 Å². The molecular weight excluding hydrogens is 445 g/mol. The van der Waals surface area contributed by atoms with Gasteiger partial charge in [0.15, 0.2) is 0 Å². The Labute approximate surface area is 172 Å². The second kappa shape index (κ2) is 7.27. The molecular formula is C23H20IN3. The number of hydrogen-bond acceptors (Lipinski definition) is 2. The van der Waals surface area contributed by atoms with Crippen LogP contribution in [0.1, 0.15) is 22.5 Å². The van der Waals surface area contributed by atoms with E-state index in [1.54, 1.807) is 0 Å². The summed E-state index contributed by atoms with van der Waals surface area (Å²) in [6.45, 7) is 6.43. The summed E-state index contributed by atoms with van der Waals surface area (Å²) in [4.78, 5) is 9.06. The Morgan fingerprint density at radius 2 is 1.85 bits per heavy atom. The van der Waals surface area contributed by atoms with E-state index in [0.29, 0.717) is 0 Å². The van der Waals surface area contributed by atoms with Crippen LogP contribution in [0.4, 0.5) is 5.69 Å². The molecule has 27 heavy (non-hydrogen) atoms. The number of nitrogens with zero attached hydrogens (tertiary/aromatic N) is 3. The lowest BCUT2D eigenvalue weighted by Gasteiger charge is -2.11. The van der Waals surface area contributed by atoms with Gasteiger partial charge in [-0.15, -0.1) is 0 Å². The average Bonchev–Trinajstić information content (AvgIpc) is 2.95. The zero-order valence-electron chi connectivity index (χ0n) is 15.6. The van der Waals surface area contributed by atoms with E-state index in [9.17, 15) is 0 Å². The molecule has 0 amide bonds. The minimum Gasteiger partial charge on any atom is -0.318 e. The highest BCUT2D eigenvalue weighted by molar-refractivity contribution is 14.1. The van der Waals surface area contributed by atoms with Crippen molar-refractivity contribution in [3.05, 3.63) is 86.9 Å². The van der Waals surface area contributed by atoms with Gasteiger partial charge in [-0.05, 0) is 97.5 Å². The SMILES string of the molecule is Cc1cc(-n2c(C)cc(C=Nc3ccc4ncccc4c3)c2C)ccc1I. The van der Waals surface area contributed by atoms with Crippen LogP contribution in [0.25, 0.3) is 16.6 Å². The van der Waals surface area contributed by atoms with Gasteiger partial charge in [-0.2, -0.15) is 0 Å². The highest BCUT2D eigenvalue weighted by Crippen LogP contribution is 2.24. The van der Waals surface area contributed by atoms with E-state index in [0.717, 1.165) is 22.2 Å². The molecule has 0 fully saturated rings. The third-order valence-electron chi connectivity index (χ3n) is 4.81. The smallest absolute Gasteiger partial charge is 0.0703 e.